The number of methoxy groups -OCH3 is 1. The zero-order valence-electron chi connectivity index (χ0n) is 18.6. The number of aliphatic hydroxyl groups is 1. The summed E-state index contributed by atoms with van der Waals surface area (Å²) >= 11 is 0. The van der Waals surface area contributed by atoms with Gasteiger partial charge in [-0.05, 0) is 62.7 Å². The Kier molecular flexibility index (Phi) is 5.69. The van der Waals surface area contributed by atoms with Crippen LogP contribution in [0.4, 0.5) is 5.69 Å². The predicted molar refractivity (Wildman–Crippen MR) is 119 cm³/mol. The fourth-order valence-corrected chi connectivity index (χ4v) is 4.81. The molecule has 7 heteroatoms. The Morgan fingerprint density at radius 3 is 2.41 bits per heavy atom. The maximum atomic E-state index is 12.9. The number of ether oxygens (including phenoxy) is 3. The van der Waals surface area contributed by atoms with E-state index in [-0.39, 0.29) is 24.8 Å². The Hall–Kier alpha value is -3.32. The van der Waals surface area contributed by atoms with Gasteiger partial charge < -0.3 is 24.6 Å². The molecule has 2 aromatic rings. The molecule has 2 aromatic carbocycles. The lowest BCUT2D eigenvalue weighted by Gasteiger charge is -2.43. The third-order valence-electron chi connectivity index (χ3n) is 6.13. The standard InChI is InChI=1S/C25H27NO6/c1-14(27)22-19(26-17-6-8-18(30-4)9-7-17)12-25(3,29)24(15(2)28)23(22)16-5-10-20-21(11-16)32-13-31-20/h5-11,23-24,26,29H,12-13H2,1-4H3. The number of nitrogens with one attached hydrogen (secondary N) is 1. The van der Waals surface area contributed by atoms with Gasteiger partial charge in [0.15, 0.2) is 17.3 Å². The number of carbonyl (C=O) groups is 2. The molecule has 3 atom stereocenters. The predicted octanol–water partition coefficient (Wildman–Crippen LogP) is 3.82. The number of hydrogen-bond donors (Lipinski definition) is 2. The lowest BCUT2D eigenvalue weighted by atomic mass is 9.64. The number of fused-ring (bicyclic) bond motifs is 1. The highest BCUT2D eigenvalue weighted by Crippen LogP contribution is 2.49. The molecule has 4 rings (SSSR count). The normalized spacial score (nSPS) is 24.3. The van der Waals surface area contributed by atoms with Gasteiger partial charge >= 0.3 is 0 Å². The van der Waals surface area contributed by atoms with Crippen LogP contribution in [0.3, 0.4) is 0 Å². The summed E-state index contributed by atoms with van der Waals surface area (Å²) in [5, 5.41) is 14.7. The minimum Gasteiger partial charge on any atom is -0.497 e. The number of allylic oxidation sites excluding steroid dienone is 1. The summed E-state index contributed by atoms with van der Waals surface area (Å²) in [6.45, 7) is 4.71. The van der Waals surface area contributed by atoms with E-state index in [4.69, 9.17) is 14.2 Å². The lowest BCUT2D eigenvalue weighted by Crippen LogP contribution is -2.48. The highest BCUT2D eigenvalue weighted by atomic mass is 16.7. The van der Waals surface area contributed by atoms with Crippen molar-refractivity contribution in [3.05, 3.63) is 59.3 Å². The average molecular weight is 437 g/mol. The maximum absolute atomic E-state index is 12.9. The molecular weight excluding hydrogens is 410 g/mol. The Bertz CT molecular complexity index is 1090. The van der Waals surface area contributed by atoms with E-state index in [2.05, 4.69) is 5.32 Å². The van der Waals surface area contributed by atoms with Crippen LogP contribution in [0, 0.1) is 5.92 Å². The van der Waals surface area contributed by atoms with Crippen molar-refractivity contribution in [2.24, 2.45) is 5.92 Å². The van der Waals surface area contributed by atoms with Crippen molar-refractivity contribution in [1.29, 1.82) is 0 Å². The van der Waals surface area contributed by atoms with E-state index in [1.807, 2.05) is 30.3 Å². The summed E-state index contributed by atoms with van der Waals surface area (Å²) in [6.07, 6.45) is 0.138. The van der Waals surface area contributed by atoms with E-state index in [9.17, 15) is 14.7 Å². The smallest absolute Gasteiger partial charge is 0.231 e. The van der Waals surface area contributed by atoms with Crippen LogP contribution in [-0.4, -0.2) is 36.2 Å². The first-order valence-electron chi connectivity index (χ1n) is 10.5. The summed E-state index contributed by atoms with van der Waals surface area (Å²) < 4.78 is 16.1. The van der Waals surface area contributed by atoms with E-state index in [0.29, 0.717) is 34.1 Å². The van der Waals surface area contributed by atoms with E-state index >= 15 is 0 Å². The average Bonchev–Trinajstić information content (AvgIpc) is 3.20. The fraction of sp³-hybridized carbons (Fsp3) is 0.360. The first kappa shape index (κ1) is 21.9. The first-order valence-corrected chi connectivity index (χ1v) is 10.5. The molecule has 0 spiro atoms. The van der Waals surface area contributed by atoms with Crippen molar-refractivity contribution in [3.63, 3.8) is 0 Å². The molecule has 32 heavy (non-hydrogen) atoms. The van der Waals surface area contributed by atoms with E-state index in [1.165, 1.54) is 13.8 Å². The molecule has 1 aliphatic carbocycles. The summed E-state index contributed by atoms with van der Waals surface area (Å²) in [6, 6.07) is 12.7. The van der Waals surface area contributed by atoms with Crippen molar-refractivity contribution < 1.29 is 28.9 Å². The Morgan fingerprint density at radius 2 is 1.78 bits per heavy atom. The number of hydrogen-bond acceptors (Lipinski definition) is 7. The number of anilines is 1. The molecule has 7 nitrogen and oxygen atoms in total. The zero-order chi connectivity index (χ0) is 23.0. The maximum Gasteiger partial charge on any atom is 0.231 e. The molecule has 0 saturated carbocycles. The van der Waals surface area contributed by atoms with Crippen LogP contribution >= 0.6 is 0 Å². The summed E-state index contributed by atoms with van der Waals surface area (Å²) in [5.74, 6) is 0.114. The third-order valence-corrected chi connectivity index (χ3v) is 6.13. The number of rotatable bonds is 6. The molecule has 2 N–H and O–H groups in total. The molecule has 0 aromatic heterocycles. The molecule has 0 fully saturated rings. The topological polar surface area (TPSA) is 94.1 Å². The van der Waals surface area contributed by atoms with Crippen molar-refractivity contribution in [3.8, 4) is 17.2 Å². The van der Waals surface area contributed by atoms with Crippen LogP contribution < -0.4 is 19.5 Å². The Balaban J connectivity index is 1.85. The van der Waals surface area contributed by atoms with Gasteiger partial charge in [0.25, 0.3) is 0 Å². The van der Waals surface area contributed by atoms with Gasteiger partial charge in [-0.3, -0.25) is 9.59 Å². The van der Waals surface area contributed by atoms with Crippen LogP contribution in [0.5, 0.6) is 17.2 Å². The number of carbonyl (C=O) groups excluding carboxylic acids is 2. The van der Waals surface area contributed by atoms with Crippen molar-refractivity contribution >= 4 is 17.3 Å². The SMILES string of the molecule is COc1ccc(NC2=C(C(C)=O)C(c3ccc4c(c3)OCO4)C(C(C)=O)C(C)(O)C2)cc1. The molecule has 1 aliphatic heterocycles. The lowest BCUT2D eigenvalue weighted by molar-refractivity contribution is -0.131. The second kappa shape index (κ2) is 8.31. The highest BCUT2D eigenvalue weighted by Gasteiger charge is 2.49. The minimum atomic E-state index is -1.36. The van der Waals surface area contributed by atoms with Gasteiger partial charge in [0, 0.05) is 29.3 Å². The molecule has 0 saturated heterocycles. The fourth-order valence-electron chi connectivity index (χ4n) is 4.81. The molecule has 0 bridgehead atoms. The van der Waals surface area contributed by atoms with Crippen LogP contribution in [-0.2, 0) is 9.59 Å². The van der Waals surface area contributed by atoms with Gasteiger partial charge in [-0.2, -0.15) is 0 Å². The van der Waals surface area contributed by atoms with E-state index in [1.54, 1.807) is 26.2 Å². The number of ketones is 2. The zero-order valence-corrected chi connectivity index (χ0v) is 18.6. The highest BCUT2D eigenvalue weighted by molar-refractivity contribution is 5.98. The van der Waals surface area contributed by atoms with Crippen LogP contribution in [0.1, 0.15) is 38.7 Å². The summed E-state index contributed by atoms with van der Waals surface area (Å²) in [7, 11) is 1.59. The molecule has 3 unspecified atom stereocenters. The molecule has 0 radical (unpaired) electrons. The van der Waals surface area contributed by atoms with Crippen LogP contribution in [0.2, 0.25) is 0 Å². The van der Waals surface area contributed by atoms with Gasteiger partial charge in [0.05, 0.1) is 18.6 Å². The van der Waals surface area contributed by atoms with Gasteiger partial charge in [0.1, 0.15) is 11.5 Å². The summed E-state index contributed by atoms with van der Waals surface area (Å²) in [4.78, 5) is 25.7. The van der Waals surface area contributed by atoms with Crippen molar-refractivity contribution in [2.75, 3.05) is 19.2 Å². The molecule has 168 valence electrons. The molecular formula is C25H27NO6. The van der Waals surface area contributed by atoms with Crippen LogP contribution in [0.15, 0.2) is 53.7 Å². The molecule has 2 aliphatic rings. The van der Waals surface area contributed by atoms with Crippen LogP contribution in [0.25, 0.3) is 0 Å². The quantitative estimate of drug-likeness (QED) is 0.709. The molecule has 0 amide bonds. The second-order valence-corrected chi connectivity index (χ2v) is 8.51. The van der Waals surface area contributed by atoms with Gasteiger partial charge in [-0.1, -0.05) is 6.07 Å². The monoisotopic (exact) mass is 437 g/mol. The Morgan fingerprint density at radius 1 is 1.09 bits per heavy atom. The van der Waals surface area contributed by atoms with Crippen molar-refractivity contribution in [1.82, 2.24) is 0 Å². The van der Waals surface area contributed by atoms with Gasteiger partial charge in [0.2, 0.25) is 6.79 Å². The second-order valence-electron chi connectivity index (χ2n) is 8.51. The Labute approximate surface area is 187 Å². The molecule has 1 heterocycles. The summed E-state index contributed by atoms with van der Waals surface area (Å²) in [5.41, 5.74) is 1.18. The number of Topliss-reactive ketones (excluding diaryl/α,β-unsaturated/α-hetero) is 2. The first-order chi connectivity index (χ1) is 15.2. The largest absolute Gasteiger partial charge is 0.497 e. The van der Waals surface area contributed by atoms with Gasteiger partial charge in [-0.15, -0.1) is 0 Å². The third kappa shape index (κ3) is 3.96. The number of benzene rings is 2. The van der Waals surface area contributed by atoms with E-state index in [0.717, 1.165) is 5.69 Å². The minimum absolute atomic E-state index is 0.122. The van der Waals surface area contributed by atoms with Crippen molar-refractivity contribution in [2.45, 2.75) is 38.7 Å². The van der Waals surface area contributed by atoms with Gasteiger partial charge in [-0.25, -0.2) is 0 Å². The van der Waals surface area contributed by atoms with E-state index < -0.39 is 17.4 Å².